The standard InChI is InChI=1S/C14H16N6/c1-10(2)12-7-13-14(16-5-6-20(13)19-12)17-8-11-3-4-15-9-18-11/h3-7,9-10H,8H2,1-2H3,(H,16,17). The van der Waals surface area contributed by atoms with Gasteiger partial charge in [0.15, 0.2) is 5.82 Å². The Morgan fingerprint density at radius 1 is 1.25 bits per heavy atom. The van der Waals surface area contributed by atoms with Gasteiger partial charge < -0.3 is 5.32 Å². The lowest BCUT2D eigenvalue weighted by Gasteiger charge is -2.05. The number of nitrogens with one attached hydrogen (secondary N) is 1. The predicted molar refractivity (Wildman–Crippen MR) is 76.4 cm³/mol. The van der Waals surface area contributed by atoms with Gasteiger partial charge in [-0.1, -0.05) is 13.8 Å². The second kappa shape index (κ2) is 5.24. The lowest BCUT2D eigenvalue weighted by Crippen LogP contribution is -2.04. The van der Waals surface area contributed by atoms with E-state index < -0.39 is 0 Å². The molecule has 0 saturated carbocycles. The fraction of sp³-hybridized carbons (Fsp3) is 0.286. The Bertz CT molecular complexity index is 704. The van der Waals surface area contributed by atoms with E-state index in [1.165, 1.54) is 0 Å². The van der Waals surface area contributed by atoms with Gasteiger partial charge in [0.25, 0.3) is 0 Å². The monoisotopic (exact) mass is 268 g/mol. The summed E-state index contributed by atoms with van der Waals surface area (Å²) in [5.41, 5.74) is 2.96. The van der Waals surface area contributed by atoms with Crippen LogP contribution in [0, 0.1) is 0 Å². The molecule has 0 amide bonds. The van der Waals surface area contributed by atoms with Gasteiger partial charge in [-0.3, -0.25) is 0 Å². The van der Waals surface area contributed by atoms with E-state index >= 15 is 0 Å². The van der Waals surface area contributed by atoms with Crippen molar-refractivity contribution in [1.82, 2.24) is 24.6 Å². The molecule has 102 valence electrons. The fourth-order valence-electron chi connectivity index (χ4n) is 1.96. The van der Waals surface area contributed by atoms with E-state index in [0.717, 1.165) is 22.7 Å². The molecule has 3 aromatic heterocycles. The second-order valence-corrected chi connectivity index (χ2v) is 4.88. The van der Waals surface area contributed by atoms with Crippen LogP contribution >= 0.6 is 0 Å². The molecule has 0 fully saturated rings. The number of rotatable bonds is 4. The van der Waals surface area contributed by atoms with E-state index in [0.29, 0.717) is 12.5 Å². The number of anilines is 1. The Morgan fingerprint density at radius 3 is 2.90 bits per heavy atom. The summed E-state index contributed by atoms with van der Waals surface area (Å²) in [6.07, 6.45) is 6.87. The van der Waals surface area contributed by atoms with Gasteiger partial charge in [0.1, 0.15) is 11.8 Å². The first kappa shape index (κ1) is 12.5. The predicted octanol–water partition coefficient (Wildman–Crippen LogP) is 2.25. The Kier molecular flexibility index (Phi) is 3.28. The summed E-state index contributed by atoms with van der Waals surface area (Å²) in [4.78, 5) is 12.5. The molecule has 0 aliphatic carbocycles. The van der Waals surface area contributed by atoms with Crippen LogP contribution in [-0.4, -0.2) is 24.6 Å². The first-order chi connectivity index (χ1) is 9.74. The molecule has 20 heavy (non-hydrogen) atoms. The van der Waals surface area contributed by atoms with Crippen molar-refractivity contribution in [2.75, 3.05) is 5.32 Å². The molecule has 0 aliphatic heterocycles. The van der Waals surface area contributed by atoms with Crippen molar-refractivity contribution < 1.29 is 0 Å². The second-order valence-electron chi connectivity index (χ2n) is 4.88. The van der Waals surface area contributed by atoms with Gasteiger partial charge in [-0.25, -0.2) is 19.5 Å². The topological polar surface area (TPSA) is 68.0 Å². The quantitative estimate of drug-likeness (QED) is 0.786. The third-order valence-electron chi connectivity index (χ3n) is 3.08. The van der Waals surface area contributed by atoms with Crippen LogP contribution in [0.3, 0.4) is 0 Å². The summed E-state index contributed by atoms with van der Waals surface area (Å²) in [6, 6.07) is 3.95. The first-order valence-electron chi connectivity index (χ1n) is 6.57. The molecule has 6 nitrogen and oxygen atoms in total. The van der Waals surface area contributed by atoms with Crippen molar-refractivity contribution >= 4 is 11.3 Å². The molecule has 0 unspecified atom stereocenters. The number of hydrogen-bond donors (Lipinski definition) is 1. The van der Waals surface area contributed by atoms with Crippen molar-refractivity contribution in [3.8, 4) is 0 Å². The Morgan fingerprint density at radius 2 is 2.15 bits per heavy atom. The van der Waals surface area contributed by atoms with Gasteiger partial charge in [-0.2, -0.15) is 5.10 Å². The van der Waals surface area contributed by atoms with Crippen LogP contribution in [0.1, 0.15) is 31.2 Å². The van der Waals surface area contributed by atoms with E-state index in [2.05, 4.69) is 45.3 Å². The summed E-state index contributed by atoms with van der Waals surface area (Å²) in [5.74, 6) is 1.20. The largest absolute Gasteiger partial charge is 0.363 e. The van der Waals surface area contributed by atoms with Crippen LogP contribution in [0.2, 0.25) is 0 Å². The van der Waals surface area contributed by atoms with E-state index in [1.807, 2.05) is 16.8 Å². The molecular weight excluding hydrogens is 252 g/mol. The van der Waals surface area contributed by atoms with Gasteiger partial charge >= 0.3 is 0 Å². The average molecular weight is 268 g/mol. The van der Waals surface area contributed by atoms with Gasteiger partial charge in [0.05, 0.1) is 17.9 Å². The maximum absolute atomic E-state index is 4.54. The Labute approximate surface area is 116 Å². The highest BCUT2D eigenvalue weighted by Gasteiger charge is 2.09. The van der Waals surface area contributed by atoms with Crippen molar-refractivity contribution in [3.63, 3.8) is 0 Å². The molecule has 3 rings (SSSR count). The summed E-state index contributed by atoms with van der Waals surface area (Å²) in [6.45, 7) is 4.86. The minimum Gasteiger partial charge on any atom is -0.363 e. The highest BCUT2D eigenvalue weighted by Crippen LogP contribution is 2.20. The van der Waals surface area contributed by atoms with E-state index in [9.17, 15) is 0 Å². The molecule has 0 aromatic carbocycles. The first-order valence-corrected chi connectivity index (χ1v) is 6.57. The Balaban J connectivity index is 1.87. The molecule has 0 saturated heterocycles. The molecule has 0 aliphatic rings. The Hall–Kier alpha value is -2.50. The summed E-state index contributed by atoms with van der Waals surface area (Å²) in [7, 11) is 0. The highest BCUT2D eigenvalue weighted by molar-refractivity contribution is 5.67. The molecule has 1 N–H and O–H groups in total. The van der Waals surface area contributed by atoms with Crippen LogP contribution in [0.25, 0.3) is 5.52 Å². The van der Waals surface area contributed by atoms with Crippen LogP contribution in [-0.2, 0) is 6.54 Å². The number of hydrogen-bond acceptors (Lipinski definition) is 5. The van der Waals surface area contributed by atoms with Crippen molar-refractivity contribution in [2.45, 2.75) is 26.3 Å². The zero-order valence-corrected chi connectivity index (χ0v) is 11.5. The number of fused-ring (bicyclic) bond motifs is 1. The zero-order valence-electron chi connectivity index (χ0n) is 11.5. The van der Waals surface area contributed by atoms with Gasteiger partial charge in [0, 0.05) is 18.6 Å². The molecule has 3 heterocycles. The maximum atomic E-state index is 4.54. The maximum Gasteiger partial charge on any atom is 0.152 e. The minimum atomic E-state index is 0.393. The number of nitrogens with zero attached hydrogens (tertiary/aromatic N) is 5. The summed E-state index contributed by atoms with van der Waals surface area (Å²) in [5, 5.41) is 7.83. The molecule has 6 heteroatoms. The highest BCUT2D eigenvalue weighted by atomic mass is 15.2. The van der Waals surface area contributed by atoms with Crippen LogP contribution in [0.5, 0.6) is 0 Å². The normalized spacial score (nSPS) is 11.2. The van der Waals surface area contributed by atoms with Crippen molar-refractivity contribution in [3.05, 3.63) is 48.4 Å². The van der Waals surface area contributed by atoms with Crippen LogP contribution < -0.4 is 5.32 Å². The van der Waals surface area contributed by atoms with E-state index in [4.69, 9.17) is 0 Å². The third kappa shape index (κ3) is 2.45. The van der Waals surface area contributed by atoms with Crippen molar-refractivity contribution in [2.24, 2.45) is 0 Å². The SMILES string of the molecule is CC(C)c1cc2c(NCc3ccncn3)nccn2n1. The zero-order chi connectivity index (χ0) is 13.9. The lowest BCUT2D eigenvalue weighted by atomic mass is 10.1. The average Bonchev–Trinajstić information content (AvgIpc) is 2.91. The van der Waals surface area contributed by atoms with Crippen LogP contribution in [0.4, 0.5) is 5.82 Å². The van der Waals surface area contributed by atoms with Crippen LogP contribution in [0.15, 0.2) is 37.1 Å². The molecular formula is C14H16N6. The lowest BCUT2D eigenvalue weighted by molar-refractivity contribution is 0.787. The third-order valence-corrected chi connectivity index (χ3v) is 3.08. The summed E-state index contributed by atoms with van der Waals surface area (Å²) >= 11 is 0. The van der Waals surface area contributed by atoms with E-state index in [-0.39, 0.29) is 0 Å². The molecule has 0 atom stereocenters. The molecule has 3 aromatic rings. The van der Waals surface area contributed by atoms with Gasteiger partial charge in [-0.05, 0) is 18.1 Å². The fourth-order valence-corrected chi connectivity index (χ4v) is 1.96. The van der Waals surface area contributed by atoms with E-state index in [1.54, 1.807) is 18.7 Å². The summed E-state index contributed by atoms with van der Waals surface area (Å²) < 4.78 is 1.85. The molecule has 0 radical (unpaired) electrons. The number of aromatic nitrogens is 5. The van der Waals surface area contributed by atoms with Gasteiger partial charge in [0.2, 0.25) is 0 Å². The molecule has 0 bridgehead atoms. The molecule has 0 spiro atoms. The smallest absolute Gasteiger partial charge is 0.152 e. The minimum absolute atomic E-state index is 0.393. The van der Waals surface area contributed by atoms with Gasteiger partial charge in [-0.15, -0.1) is 0 Å². The van der Waals surface area contributed by atoms with Crippen molar-refractivity contribution in [1.29, 1.82) is 0 Å².